The van der Waals surface area contributed by atoms with E-state index in [9.17, 15) is 4.79 Å². The number of amides is 1. The minimum Gasteiger partial charge on any atom is -0.543 e. The Bertz CT molecular complexity index is 994. The van der Waals surface area contributed by atoms with E-state index >= 15 is 0 Å². The normalized spacial score (nSPS) is 11.9. The Kier molecular flexibility index (Phi) is 5.98. The van der Waals surface area contributed by atoms with Crippen LogP contribution in [0.4, 0.5) is 4.79 Å². The number of ether oxygens (including phenoxy) is 1. The van der Waals surface area contributed by atoms with Crippen LogP contribution in [-0.2, 0) is 6.54 Å². The molecule has 0 aliphatic heterocycles. The third-order valence-corrected chi connectivity index (χ3v) is 9.81. The van der Waals surface area contributed by atoms with Crippen molar-refractivity contribution < 1.29 is 14.0 Å². The van der Waals surface area contributed by atoms with Gasteiger partial charge in [-0.15, -0.1) is 0 Å². The number of hydrogen-bond acceptors (Lipinski definition) is 3. The monoisotopic (exact) mass is 407 g/mol. The molecule has 1 N–H and O–H groups in total. The first-order valence-electron chi connectivity index (χ1n) is 9.86. The predicted octanol–water partition coefficient (Wildman–Crippen LogP) is 6.51. The summed E-state index contributed by atoms with van der Waals surface area (Å²) in [5, 5.41) is 4.97. The van der Waals surface area contributed by atoms with Crippen molar-refractivity contribution >= 4 is 25.2 Å². The second-order valence-electron chi connectivity index (χ2n) is 8.76. The molecule has 0 aliphatic rings. The van der Waals surface area contributed by atoms with Crippen molar-refractivity contribution in [2.24, 2.45) is 0 Å². The van der Waals surface area contributed by atoms with Gasteiger partial charge in [0.1, 0.15) is 11.5 Å². The Balaban J connectivity index is 1.66. The Hall–Kier alpha value is -2.79. The second kappa shape index (κ2) is 8.29. The lowest BCUT2D eigenvalue weighted by Gasteiger charge is -2.36. The van der Waals surface area contributed by atoms with Gasteiger partial charge in [-0.1, -0.05) is 63.2 Å². The van der Waals surface area contributed by atoms with Gasteiger partial charge in [0.15, 0.2) is 0 Å². The summed E-state index contributed by atoms with van der Waals surface area (Å²) in [6, 6.07) is 21.4. The van der Waals surface area contributed by atoms with Crippen molar-refractivity contribution in [3.05, 3.63) is 72.3 Å². The van der Waals surface area contributed by atoms with Crippen LogP contribution in [-0.4, -0.2) is 14.4 Å². The van der Waals surface area contributed by atoms with Crippen molar-refractivity contribution in [3.8, 4) is 11.5 Å². The van der Waals surface area contributed by atoms with E-state index in [0.717, 1.165) is 22.1 Å². The fraction of sp³-hybridized carbons (Fsp3) is 0.292. The Morgan fingerprint density at radius 2 is 1.48 bits per heavy atom. The Labute approximate surface area is 174 Å². The molecule has 5 heteroatoms. The zero-order chi connectivity index (χ0) is 21.1. The van der Waals surface area contributed by atoms with Gasteiger partial charge in [-0.05, 0) is 58.7 Å². The fourth-order valence-corrected chi connectivity index (χ4v) is 3.71. The number of nitrogens with one attached hydrogen (secondary N) is 1. The molecular formula is C24H29NO3Si. The van der Waals surface area contributed by atoms with Gasteiger partial charge in [-0.3, -0.25) is 0 Å². The highest BCUT2D eigenvalue weighted by molar-refractivity contribution is 6.74. The van der Waals surface area contributed by atoms with E-state index in [0.29, 0.717) is 12.3 Å². The SMILES string of the molecule is CC(C)(C)[Si](C)(C)Oc1ccc2cc(OC(=O)NCc3ccccc3)ccc2c1. The standard InChI is InChI=1S/C24H29NO3Si/c1-24(2,3)29(4,5)28-22-14-12-19-15-21(13-11-20(19)16-22)27-23(26)25-17-18-9-7-6-8-10-18/h6-16H,17H2,1-5H3,(H,25,26). The zero-order valence-corrected chi connectivity index (χ0v) is 18.8. The maximum Gasteiger partial charge on any atom is 0.412 e. The first kappa shape index (κ1) is 20.9. The van der Waals surface area contributed by atoms with Gasteiger partial charge >= 0.3 is 6.09 Å². The van der Waals surface area contributed by atoms with Crippen LogP contribution in [0.1, 0.15) is 26.3 Å². The summed E-state index contributed by atoms with van der Waals surface area (Å²) >= 11 is 0. The van der Waals surface area contributed by atoms with Crippen LogP contribution in [0.25, 0.3) is 10.8 Å². The molecule has 0 radical (unpaired) electrons. The van der Waals surface area contributed by atoms with Crippen molar-refractivity contribution in [3.63, 3.8) is 0 Å². The van der Waals surface area contributed by atoms with Crippen LogP contribution >= 0.6 is 0 Å². The molecule has 152 valence electrons. The van der Waals surface area contributed by atoms with Gasteiger partial charge in [0, 0.05) is 6.54 Å². The molecule has 3 aromatic carbocycles. The first-order chi connectivity index (χ1) is 13.6. The van der Waals surface area contributed by atoms with E-state index in [4.69, 9.17) is 9.16 Å². The average Bonchev–Trinajstić information content (AvgIpc) is 2.66. The summed E-state index contributed by atoms with van der Waals surface area (Å²) in [5.74, 6) is 1.40. The maximum atomic E-state index is 12.1. The molecule has 29 heavy (non-hydrogen) atoms. The number of rotatable bonds is 5. The summed E-state index contributed by atoms with van der Waals surface area (Å²) in [5.41, 5.74) is 1.03. The first-order valence-corrected chi connectivity index (χ1v) is 12.8. The van der Waals surface area contributed by atoms with E-state index in [2.05, 4.69) is 45.2 Å². The van der Waals surface area contributed by atoms with E-state index in [1.54, 1.807) is 6.07 Å². The molecule has 0 heterocycles. The van der Waals surface area contributed by atoms with Gasteiger partial charge in [-0.2, -0.15) is 0 Å². The highest BCUT2D eigenvalue weighted by atomic mass is 28.4. The molecule has 0 spiro atoms. The number of benzene rings is 3. The summed E-state index contributed by atoms with van der Waals surface area (Å²) in [7, 11) is -1.88. The lowest BCUT2D eigenvalue weighted by molar-refractivity contribution is 0.200. The molecule has 1 amide bonds. The number of fused-ring (bicyclic) bond motifs is 1. The number of carbonyl (C=O) groups is 1. The lowest BCUT2D eigenvalue weighted by atomic mass is 10.1. The predicted molar refractivity (Wildman–Crippen MR) is 121 cm³/mol. The third kappa shape index (κ3) is 5.39. The molecule has 0 saturated heterocycles. The maximum absolute atomic E-state index is 12.1. The highest BCUT2D eigenvalue weighted by Gasteiger charge is 2.38. The van der Waals surface area contributed by atoms with Crippen LogP contribution in [0.15, 0.2) is 66.7 Å². The topological polar surface area (TPSA) is 47.6 Å². The molecule has 0 bridgehead atoms. The molecule has 0 saturated carbocycles. The molecule has 0 aromatic heterocycles. The van der Waals surface area contributed by atoms with Crippen molar-refractivity contribution in [1.29, 1.82) is 0 Å². The molecule has 3 aromatic rings. The summed E-state index contributed by atoms with van der Waals surface area (Å²) < 4.78 is 11.8. The van der Waals surface area contributed by atoms with E-state index < -0.39 is 14.4 Å². The molecule has 0 unspecified atom stereocenters. The van der Waals surface area contributed by atoms with Crippen LogP contribution in [0.5, 0.6) is 11.5 Å². The largest absolute Gasteiger partial charge is 0.543 e. The molecule has 3 rings (SSSR count). The van der Waals surface area contributed by atoms with Crippen molar-refractivity contribution in [1.82, 2.24) is 5.32 Å². The molecule has 0 atom stereocenters. The highest BCUT2D eigenvalue weighted by Crippen LogP contribution is 2.38. The molecule has 0 aliphatic carbocycles. The minimum absolute atomic E-state index is 0.146. The van der Waals surface area contributed by atoms with Gasteiger partial charge in [0.2, 0.25) is 8.32 Å². The van der Waals surface area contributed by atoms with E-state index in [-0.39, 0.29) is 5.04 Å². The minimum atomic E-state index is -1.88. The molecule has 0 fully saturated rings. The smallest absolute Gasteiger partial charge is 0.412 e. The van der Waals surface area contributed by atoms with Gasteiger partial charge in [0.25, 0.3) is 0 Å². The third-order valence-electron chi connectivity index (χ3n) is 5.45. The lowest BCUT2D eigenvalue weighted by Crippen LogP contribution is -2.43. The van der Waals surface area contributed by atoms with Gasteiger partial charge in [0.05, 0.1) is 0 Å². The summed E-state index contributed by atoms with van der Waals surface area (Å²) in [6.07, 6.45) is -0.467. The quantitative estimate of drug-likeness (QED) is 0.490. The summed E-state index contributed by atoms with van der Waals surface area (Å²) in [6.45, 7) is 11.6. The Morgan fingerprint density at radius 3 is 2.10 bits per heavy atom. The van der Waals surface area contributed by atoms with Crippen molar-refractivity contribution in [2.75, 3.05) is 0 Å². The summed E-state index contributed by atoms with van der Waals surface area (Å²) in [4.78, 5) is 12.1. The molecule has 4 nitrogen and oxygen atoms in total. The fourth-order valence-electron chi connectivity index (χ4n) is 2.69. The van der Waals surface area contributed by atoms with Crippen LogP contribution in [0, 0.1) is 0 Å². The molecular weight excluding hydrogens is 378 g/mol. The number of hydrogen-bond donors (Lipinski definition) is 1. The average molecular weight is 408 g/mol. The van der Waals surface area contributed by atoms with Gasteiger partial charge < -0.3 is 14.5 Å². The second-order valence-corrected chi connectivity index (χ2v) is 13.5. The van der Waals surface area contributed by atoms with Gasteiger partial charge in [-0.25, -0.2) is 4.79 Å². The van der Waals surface area contributed by atoms with Crippen LogP contribution in [0.2, 0.25) is 18.1 Å². The van der Waals surface area contributed by atoms with Crippen molar-refractivity contribution in [2.45, 2.75) is 45.4 Å². The number of carbonyl (C=O) groups excluding carboxylic acids is 1. The van der Waals surface area contributed by atoms with E-state index in [1.807, 2.05) is 54.6 Å². The van der Waals surface area contributed by atoms with E-state index in [1.165, 1.54) is 0 Å². The zero-order valence-electron chi connectivity index (χ0n) is 17.8. The van der Waals surface area contributed by atoms with Crippen LogP contribution in [0.3, 0.4) is 0 Å². The van der Waals surface area contributed by atoms with Crippen LogP contribution < -0.4 is 14.5 Å². The Morgan fingerprint density at radius 1 is 0.897 bits per heavy atom.